The second-order valence-electron chi connectivity index (χ2n) is 5.35. The summed E-state index contributed by atoms with van der Waals surface area (Å²) in [4.78, 5) is 15.9. The van der Waals surface area contributed by atoms with Crippen LogP contribution in [0.2, 0.25) is 0 Å². The zero-order valence-electron chi connectivity index (χ0n) is 13.2. The van der Waals surface area contributed by atoms with Gasteiger partial charge in [0.2, 0.25) is 5.91 Å². The summed E-state index contributed by atoms with van der Waals surface area (Å²) in [6, 6.07) is 11.5. The number of ether oxygens (including phenoxy) is 1. The van der Waals surface area contributed by atoms with E-state index < -0.39 is 0 Å². The minimum absolute atomic E-state index is 0.0458. The Morgan fingerprint density at radius 1 is 1.17 bits per heavy atom. The number of aromatic nitrogens is 1. The van der Waals surface area contributed by atoms with E-state index in [-0.39, 0.29) is 5.91 Å². The van der Waals surface area contributed by atoms with Crippen LogP contribution in [0.1, 0.15) is 31.4 Å². The van der Waals surface area contributed by atoms with Gasteiger partial charge in [-0.3, -0.25) is 9.78 Å². The van der Waals surface area contributed by atoms with E-state index in [2.05, 4.69) is 26.2 Å². The summed E-state index contributed by atoms with van der Waals surface area (Å²) in [7, 11) is 0. The van der Waals surface area contributed by atoms with Gasteiger partial charge in [-0.1, -0.05) is 15.9 Å². The maximum atomic E-state index is 11.8. The van der Waals surface area contributed by atoms with E-state index in [1.165, 1.54) is 0 Å². The first kappa shape index (κ1) is 17.5. The number of rotatable bonds is 8. The number of carbonyl (C=O) groups is 1. The average molecular weight is 377 g/mol. The normalized spacial score (nSPS) is 10.3. The van der Waals surface area contributed by atoms with Gasteiger partial charge in [-0.25, -0.2) is 0 Å². The van der Waals surface area contributed by atoms with Gasteiger partial charge in [0.15, 0.2) is 0 Å². The molecule has 1 aromatic heterocycles. The van der Waals surface area contributed by atoms with Gasteiger partial charge in [0, 0.05) is 28.5 Å². The molecule has 0 aliphatic heterocycles. The molecule has 2 rings (SSSR count). The molecule has 122 valence electrons. The van der Waals surface area contributed by atoms with Crippen molar-refractivity contribution in [3.05, 3.63) is 52.8 Å². The lowest BCUT2D eigenvalue weighted by Crippen LogP contribution is -2.11. The number of nitrogens with one attached hydrogen (secondary N) is 1. The molecule has 4 nitrogen and oxygen atoms in total. The molecular formula is C18H21BrN2O2. The molecule has 0 unspecified atom stereocenters. The Bertz CT molecular complexity index is 629. The topological polar surface area (TPSA) is 51.2 Å². The zero-order valence-corrected chi connectivity index (χ0v) is 14.8. The Morgan fingerprint density at radius 3 is 2.70 bits per heavy atom. The van der Waals surface area contributed by atoms with Crippen molar-refractivity contribution in [3.8, 4) is 5.75 Å². The lowest BCUT2D eigenvalue weighted by atomic mass is 10.2. The van der Waals surface area contributed by atoms with Crippen molar-refractivity contribution < 1.29 is 9.53 Å². The summed E-state index contributed by atoms with van der Waals surface area (Å²) >= 11 is 3.39. The van der Waals surface area contributed by atoms with Crippen LogP contribution in [0.15, 0.2) is 47.1 Å². The molecule has 0 fully saturated rings. The van der Waals surface area contributed by atoms with Crippen LogP contribution in [0.25, 0.3) is 0 Å². The maximum absolute atomic E-state index is 11.8. The van der Waals surface area contributed by atoms with E-state index in [1.807, 2.05) is 37.3 Å². The largest absolute Gasteiger partial charge is 0.494 e. The van der Waals surface area contributed by atoms with Crippen LogP contribution in [0.4, 0.5) is 5.69 Å². The third-order valence-corrected chi connectivity index (χ3v) is 3.84. The number of halogens is 1. The SMILES string of the molecule is Cc1cc(NC(=O)CCCCCOc2ccc(Br)cc2)ccn1. The van der Waals surface area contributed by atoms with Crippen molar-refractivity contribution in [1.82, 2.24) is 4.98 Å². The zero-order chi connectivity index (χ0) is 16.5. The highest BCUT2D eigenvalue weighted by atomic mass is 79.9. The van der Waals surface area contributed by atoms with Gasteiger partial charge in [-0.15, -0.1) is 0 Å². The van der Waals surface area contributed by atoms with Crippen LogP contribution in [0.5, 0.6) is 5.75 Å². The number of pyridine rings is 1. The first-order chi connectivity index (χ1) is 11.1. The maximum Gasteiger partial charge on any atom is 0.224 e. The van der Waals surface area contributed by atoms with Crippen LogP contribution < -0.4 is 10.1 Å². The molecular weight excluding hydrogens is 356 g/mol. The second-order valence-corrected chi connectivity index (χ2v) is 6.26. The quantitative estimate of drug-likeness (QED) is 0.677. The van der Waals surface area contributed by atoms with E-state index in [1.54, 1.807) is 12.3 Å². The average Bonchev–Trinajstić information content (AvgIpc) is 2.52. The first-order valence-electron chi connectivity index (χ1n) is 7.74. The number of benzene rings is 1. The lowest BCUT2D eigenvalue weighted by Gasteiger charge is -2.07. The summed E-state index contributed by atoms with van der Waals surface area (Å²) in [5.74, 6) is 0.920. The van der Waals surface area contributed by atoms with E-state index in [0.717, 1.165) is 40.9 Å². The molecule has 0 saturated heterocycles. The van der Waals surface area contributed by atoms with Crippen molar-refractivity contribution in [2.75, 3.05) is 11.9 Å². The molecule has 1 aromatic carbocycles. The molecule has 0 aliphatic carbocycles. The molecule has 5 heteroatoms. The fraction of sp³-hybridized carbons (Fsp3) is 0.333. The molecule has 0 radical (unpaired) electrons. The Labute approximate surface area is 145 Å². The predicted molar refractivity (Wildman–Crippen MR) is 95.7 cm³/mol. The third kappa shape index (κ3) is 6.82. The number of amides is 1. The Hall–Kier alpha value is -1.88. The smallest absolute Gasteiger partial charge is 0.224 e. The lowest BCUT2D eigenvalue weighted by molar-refractivity contribution is -0.116. The van der Waals surface area contributed by atoms with Crippen LogP contribution in [0, 0.1) is 6.92 Å². The fourth-order valence-corrected chi connectivity index (χ4v) is 2.40. The number of anilines is 1. The van der Waals surface area contributed by atoms with Gasteiger partial charge >= 0.3 is 0 Å². The van der Waals surface area contributed by atoms with Gasteiger partial charge in [-0.2, -0.15) is 0 Å². The molecule has 0 spiro atoms. The predicted octanol–water partition coefficient (Wildman–Crippen LogP) is 4.73. The molecule has 0 aliphatic rings. The summed E-state index contributed by atoms with van der Waals surface area (Å²) in [5.41, 5.74) is 1.70. The number of nitrogens with zero attached hydrogens (tertiary/aromatic N) is 1. The molecule has 23 heavy (non-hydrogen) atoms. The minimum Gasteiger partial charge on any atom is -0.494 e. The molecule has 1 amide bonds. The van der Waals surface area contributed by atoms with E-state index in [9.17, 15) is 4.79 Å². The van der Waals surface area contributed by atoms with E-state index in [0.29, 0.717) is 13.0 Å². The van der Waals surface area contributed by atoms with Crippen molar-refractivity contribution in [2.24, 2.45) is 0 Å². The van der Waals surface area contributed by atoms with Crippen LogP contribution in [0.3, 0.4) is 0 Å². The van der Waals surface area contributed by atoms with Gasteiger partial charge in [0.25, 0.3) is 0 Å². The molecule has 1 heterocycles. The number of unbranched alkanes of at least 4 members (excludes halogenated alkanes) is 2. The molecule has 0 saturated carbocycles. The molecule has 0 atom stereocenters. The third-order valence-electron chi connectivity index (χ3n) is 3.31. The molecule has 2 aromatic rings. The van der Waals surface area contributed by atoms with Gasteiger partial charge in [0.1, 0.15) is 5.75 Å². The summed E-state index contributed by atoms with van der Waals surface area (Å²) in [5, 5.41) is 2.89. The van der Waals surface area contributed by atoms with Gasteiger partial charge in [-0.05, 0) is 62.6 Å². The summed E-state index contributed by atoms with van der Waals surface area (Å²) < 4.78 is 6.69. The van der Waals surface area contributed by atoms with Gasteiger partial charge < -0.3 is 10.1 Å². The Morgan fingerprint density at radius 2 is 1.96 bits per heavy atom. The van der Waals surface area contributed by atoms with Crippen molar-refractivity contribution >= 4 is 27.5 Å². The monoisotopic (exact) mass is 376 g/mol. The second kappa shape index (κ2) is 9.30. The number of hydrogen-bond donors (Lipinski definition) is 1. The summed E-state index contributed by atoms with van der Waals surface area (Å²) in [6.45, 7) is 2.58. The van der Waals surface area contributed by atoms with Crippen LogP contribution in [-0.4, -0.2) is 17.5 Å². The van der Waals surface area contributed by atoms with E-state index >= 15 is 0 Å². The minimum atomic E-state index is 0.0458. The van der Waals surface area contributed by atoms with Crippen LogP contribution >= 0.6 is 15.9 Å². The number of hydrogen-bond acceptors (Lipinski definition) is 3. The highest BCUT2D eigenvalue weighted by Crippen LogP contribution is 2.16. The molecule has 1 N–H and O–H groups in total. The highest BCUT2D eigenvalue weighted by molar-refractivity contribution is 9.10. The first-order valence-corrected chi connectivity index (χ1v) is 8.53. The Kier molecular flexibility index (Phi) is 7.07. The highest BCUT2D eigenvalue weighted by Gasteiger charge is 2.03. The number of aryl methyl sites for hydroxylation is 1. The fourth-order valence-electron chi connectivity index (χ4n) is 2.13. The Balaban J connectivity index is 1.56. The van der Waals surface area contributed by atoms with Gasteiger partial charge in [0.05, 0.1) is 6.61 Å². The number of carbonyl (C=O) groups excluding carboxylic acids is 1. The molecule has 0 bridgehead atoms. The van der Waals surface area contributed by atoms with Crippen LogP contribution in [-0.2, 0) is 4.79 Å². The van der Waals surface area contributed by atoms with Crippen molar-refractivity contribution in [2.45, 2.75) is 32.6 Å². The van der Waals surface area contributed by atoms with Crippen molar-refractivity contribution in [3.63, 3.8) is 0 Å². The van der Waals surface area contributed by atoms with E-state index in [4.69, 9.17) is 4.74 Å². The standard InChI is InChI=1S/C18H21BrN2O2/c1-14-13-16(10-11-20-14)21-18(22)5-3-2-4-12-23-17-8-6-15(19)7-9-17/h6-11,13H,2-5,12H2,1H3,(H,20,21,22). The summed E-state index contributed by atoms with van der Waals surface area (Å²) in [6.07, 6.45) is 5.00. The van der Waals surface area contributed by atoms with Crippen molar-refractivity contribution in [1.29, 1.82) is 0 Å².